The summed E-state index contributed by atoms with van der Waals surface area (Å²) in [6, 6.07) is 13.2. The van der Waals surface area contributed by atoms with Crippen LogP contribution >= 0.6 is 23.4 Å². The van der Waals surface area contributed by atoms with E-state index in [1.165, 1.54) is 30.1 Å². The molecule has 0 radical (unpaired) electrons. The number of allylic oxidation sites excluding steroid dienone is 1. The van der Waals surface area contributed by atoms with Crippen LogP contribution < -0.4 is 10.7 Å². The van der Waals surface area contributed by atoms with Crippen LogP contribution in [0.3, 0.4) is 0 Å². The zero-order valence-electron chi connectivity index (χ0n) is 17.3. The van der Waals surface area contributed by atoms with Crippen LogP contribution in [0.4, 0.5) is 10.1 Å². The van der Waals surface area contributed by atoms with Gasteiger partial charge in [-0.25, -0.2) is 9.82 Å². The fourth-order valence-corrected chi connectivity index (χ4v) is 3.62. The number of aromatic nitrogens is 3. The zero-order valence-corrected chi connectivity index (χ0v) is 18.9. The summed E-state index contributed by atoms with van der Waals surface area (Å²) < 4.78 is 14.8. The molecule has 0 spiro atoms. The third-order valence-electron chi connectivity index (χ3n) is 4.31. The van der Waals surface area contributed by atoms with Crippen LogP contribution in [0.15, 0.2) is 71.4 Å². The van der Waals surface area contributed by atoms with Gasteiger partial charge in [0.25, 0.3) is 5.91 Å². The third kappa shape index (κ3) is 6.66. The summed E-state index contributed by atoms with van der Waals surface area (Å²) in [5.41, 5.74) is 4.07. The second-order valence-corrected chi connectivity index (χ2v) is 8.45. The summed E-state index contributed by atoms with van der Waals surface area (Å²) in [6.45, 7) is 6.50. The van der Waals surface area contributed by atoms with Crippen LogP contribution in [-0.2, 0) is 17.9 Å². The smallest absolute Gasteiger partial charge is 0.253 e. The minimum atomic E-state index is -0.467. The van der Waals surface area contributed by atoms with E-state index in [0.29, 0.717) is 34.7 Å². The van der Waals surface area contributed by atoms with Gasteiger partial charge in [-0.05, 0) is 48.9 Å². The molecule has 32 heavy (non-hydrogen) atoms. The Kier molecular flexibility index (Phi) is 8.41. The quantitative estimate of drug-likeness (QED) is 0.196. The maximum atomic E-state index is 12.9. The monoisotopic (exact) mass is 472 g/mol. The molecule has 2 aromatic carbocycles. The van der Waals surface area contributed by atoms with Gasteiger partial charge in [0.05, 0.1) is 18.0 Å². The Labute approximate surface area is 194 Å². The fourth-order valence-electron chi connectivity index (χ4n) is 2.62. The molecule has 10 heteroatoms. The van der Waals surface area contributed by atoms with Crippen molar-refractivity contribution >= 4 is 41.2 Å². The van der Waals surface area contributed by atoms with Gasteiger partial charge in [0.1, 0.15) is 5.82 Å². The molecular formula is C22H22ClFN6OS. The molecule has 3 aromatic rings. The Bertz CT molecular complexity index is 1080. The van der Waals surface area contributed by atoms with E-state index in [1.54, 1.807) is 37.3 Å². The van der Waals surface area contributed by atoms with E-state index in [4.69, 9.17) is 11.6 Å². The summed E-state index contributed by atoms with van der Waals surface area (Å²) in [5.74, 6) is 0.0919. The number of thioether (sulfide) groups is 1. The van der Waals surface area contributed by atoms with Gasteiger partial charge in [0.2, 0.25) is 0 Å². The van der Waals surface area contributed by atoms with Gasteiger partial charge in [0.15, 0.2) is 11.0 Å². The summed E-state index contributed by atoms with van der Waals surface area (Å²) in [4.78, 5) is 12.4. The van der Waals surface area contributed by atoms with Crippen molar-refractivity contribution in [3.63, 3.8) is 0 Å². The average Bonchev–Trinajstić information content (AvgIpc) is 3.16. The SMILES string of the molecule is C=CCn1c(CNc2ccc(Cl)cc2)nnc1S[C@@H](C)C(=O)N/N=C\c1ccc(F)cc1. The van der Waals surface area contributed by atoms with Gasteiger partial charge in [-0.15, -0.1) is 16.8 Å². The van der Waals surface area contributed by atoms with Crippen molar-refractivity contribution in [2.75, 3.05) is 5.32 Å². The Hall–Kier alpha value is -3.17. The Morgan fingerprint density at radius 2 is 1.97 bits per heavy atom. The molecule has 1 amide bonds. The van der Waals surface area contributed by atoms with Gasteiger partial charge >= 0.3 is 0 Å². The average molecular weight is 473 g/mol. The van der Waals surface area contributed by atoms with Crippen molar-refractivity contribution < 1.29 is 9.18 Å². The Morgan fingerprint density at radius 3 is 2.66 bits per heavy atom. The van der Waals surface area contributed by atoms with Crippen molar-refractivity contribution in [2.24, 2.45) is 5.10 Å². The molecule has 2 N–H and O–H groups in total. The van der Waals surface area contributed by atoms with Crippen LogP contribution in [0.2, 0.25) is 5.02 Å². The first-order valence-corrected chi connectivity index (χ1v) is 11.0. The van der Waals surface area contributed by atoms with Gasteiger partial charge in [-0.2, -0.15) is 5.10 Å². The van der Waals surface area contributed by atoms with E-state index in [1.807, 2.05) is 16.7 Å². The number of amides is 1. The third-order valence-corrected chi connectivity index (χ3v) is 5.64. The number of rotatable bonds is 10. The molecule has 0 aliphatic carbocycles. The van der Waals surface area contributed by atoms with Crippen LogP contribution in [-0.4, -0.2) is 32.1 Å². The highest BCUT2D eigenvalue weighted by molar-refractivity contribution is 8.00. The summed E-state index contributed by atoms with van der Waals surface area (Å²) >= 11 is 7.19. The first-order valence-electron chi connectivity index (χ1n) is 9.74. The van der Waals surface area contributed by atoms with E-state index < -0.39 is 5.25 Å². The molecule has 0 fully saturated rings. The lowest BCUT2D eigenvalue weighted by Crippen LogP contribution is -2.27. The number of hydrazone groups is 1. The van der Waals surface area contributed by atoms with E-state index in [9.17, 15) is 9.18 Å². The van der Waals surface area contributed by atoms with Crippen molar-refractivity contribution in [3.8, 4) is 0 Å². The number of anilines is 1. The van der Waals surface area contributed by atoms with Crippen molar-refractivity contribution in [1.82, 2.24) is 20.2 Å². The predicted octanol–water partition coefficient (Wildman–Crippen LogP) is 4.50. The van der Waals surface area contributed by atoms with Gasteiger partial charge in [-0.1, -0.05) is 41.6 Å². The molecular weight excluding hydrogens is 451 g/mol. The summed E-state index contributed by atoms with van der Waals surface area (Å²) in [7, 11) is 0. The van der Waals surface area contributed by atoms with Crippen molar-refractivity contribution in [3.05, 3.63) is 83.4 Å². The van der Waals surface area contributed by atoms with Crippen LogP contribution in [0.25, 0.3) is 0 Å². The summed E-state index contributed by atoms with van der Waals surface area (Å²) in [6.07, 6.45) is 3.20. The maximum Gasteiger partial charge on any atom is 0.253 e. The number of halogens is 2. The van der Waals surface area contributed by atoms with E-state index >= 15 is 0 Å². The fraction of sp³-hybridized carbons (Fsp3) is 0.182. The standard InChI is InChI=1S/C22H22ClFN6OS/c1-3-12-30-20(14-25-19-10-6-17(23)7-11-19)27-29-22(30)32-15(2)21(31)28-26-13-16-4-8-18(24)9-5-16/h3-11,13,15,25H,1,12,14H2,2H3,(H,28,31)/b26-13-/t15-/m0/s1. The molecule has 0 aliphatic rings. The molecule has 0 aliphatic heterocycles. The number of benzene rings is 2. The highest BCUT2D eigenvalue weighted by Gasteiger charge is 2.19. The molecule has 0 unspecified atom stereocenters. The molecule has 1 aromatic heterocycles. The minimum absolute atomic E-state index is 0.289. The van der Waals surface area contributed by atoms with Crippen molar-refractivity contribution in [2.45, 2.75) is 30.4 Å². The molecule has 0 bridgehead atoms. The van der Waals surface area contributed by atoms with E-state index in [-0.39, 0.29) is 11.7 Å². The van der Waals surface area contributed by atoms with E-state index in [2.05, 4.69) is 32.6 Å². The lowest BCUT2D eigenvalue weighted by molar-refractivity contribution is -0.120. The second-order valence-electron chi connectivity index (χ2n) is 6.70. The Balaban J connectivity index is 1.59. The largest absolute Gasteiger partial charge is 0.378 e. The molecule has 1 heterocycles. The Morgan fingerprint density at radius 1 is 1.25 bits per heavy atom. The van der Waals surface area contributed by atoms with Gasteiger partial charge < -0.3 is 9.88 Å². The molecule has 166 valence electrons. The predicted molar refractivity (Wildman–Crippen MR) is 126 cm³/mol. The number of hydrogen-bond acceptors (Lipinski definition) is 6. The van der Waals surface area contributed by atoms with E-state index in [0.717, 1.165) is 5.69 Å². The van der Waals surface area contributed by atoms with Gasteiger partial charge in [0, 0.05) is 17.3 Å². The first-order chi connectivity index (χ1) is 15.5. The highest BCUT2D eigenvalue weighted by Crippen LogP contribution is 2.23. The van der Waals surface area contributed by atoms with Crippen LogP contribution in [0.1, 0.15) is 18.3 Å². The normalized spacial score (nSPS) is 12.0. The van der Waals surface area contributed by atoms with Gasteiger partial charge in [-0.3, -0.25) is 4.79 Å². The number of nitrogens with one attached hydrogen (secondary N) is 2. The molecule has 0 saturated heterocycles. The van der Waals surface area contributed by atoms with Crippen molar-refractivity contribution in [1.29, 1.82) is 0 Å². The maximum absolute atomic E-state index is 12.9. The molecule has 7 nitrogen and oxygen atoms in total. The summed E-state index contributed by atoms with van der Waals surface area (Å²) in [5, 5.41) is 16.5. The number of carbonyl (C=O) groups excluding carboxylic acids is 1. The lowest BCUT2D eigenvalue weighted by Gasteiger charge is -2.12. The highest BCUT2D eigenvalue weighted by atomic mass is 35.5. The number of nitrogens with zero attached hydrogens (tertiary/aromatic N) is 4. The zero-order chi connectivity index (χ0) is 22.9. The molecule has 0 saturated carbocycles. The number of carbonyl (C=O) groups is 1. The first kappa shape index (κ1) is 23.5. The second kappa shape index (κ2) is 11.4. The molecule has 3 rings (SSSR count). The van der Waals surface area contributed by atoms with Crippen LogP contribution in [0, 0.1) is 5.82 Å². The topological polar surface area (TPSA) is 84.2 Å². The lowest BCUT2D eigenvalue weighted by atomic mass is 10.2. The minimum Gasteiger partial charge on any atom is -0.378 e. The number of hydrogen-bond donors (Lipinski definition) is 2. The molecule has 1 atom stereocenters. The van der Waals surface area contributed by atoms with Crippen LogP contribution in [0.5, 0.6) is 0 Å².